The molecule has 0 spiro atoms. The first-order valence-corrected chi connectivity index (χ1v) is 6.63. The van der Waals surface area contributed by atoms with E-state index in [-0.39, 0.29) is 11.8 Å². The number of hydrogen-bond acceptors (Lipinski definition) is 3. The van der Waals surface area contributed by atoms with E-state index in [1.54, 1.807) is 12.1 Å². The van der Waals surface area contributed by atoms with Crippen molar-refractivity contribution in [2.24, 2.45) is 5.92 Å². The van der Waals surface area contributed by atoms with E-state index in [2.05, 4.69) is 12.2 Å². The molecule has 0 saturated carbocycles. The van der Waals surface area contributed by atoms with Gasteiger partial charge in [0.25, 0.3) is 0 Å². The Labute approximate surface area is 119 Å². The number of anilines is 1. The Hall–Kier alpha value is -1.42. The Morgan fingerprint density at radius 2 is 1.95 bits per heavy atom. The Morgan fingerprint density at radius 3 is 2.47 bits per heavy atom. The molecule has 0 fully saturated rings. The molecule has 0 aliphatic carbocycles. The molecule has 0 bridgehead atoms. The molecular formula is C14H20ClNO3. The van der Waals surface area contributed by atoms with Crippen LogP contribution < -0.4 is 14.8 Å². The Balaban J connectivity index is 2.96. The number of carbonyl (C=O) groups excluding carboxylic acids is 1. The van der Waals surface area contributed by atoms with Crippen molar-refractivity contribution < 1.29 is 14.3 Å². The second-order valence-electron chi connectivity index (χ2n) is 4.37. The van der Waals surface area contributed by atoms with Gasteiger partial charge in [-0.25, -0.2) is 0 Å². The molecule has 0 radical (unpaired) electrons. The van der Waals surface area contributed by atoms with Gasteiger partial charge in [-0.1, -0.05) is 31.9 Å². The summed E-state index contributed by atoms with van der Waals surface area (Å²) in [5.41, 5.74) is 0.566. The molecule has 0 aromatic heterocycles. The molecule has 1 atom stereocenters. The third kappa shape index (κ3) is 4.03. The van der Waals surface area contributed by atoms with E-state index in [1.165, 1.54) is 14.2 Å². The molecule has 1 aromatic rings. The summed E-state index contributed by atoms with van der Waals surface area (Å²) in [6.07, 6.45) is 1.81. The smallest absolute Gasteiger partial charge is 0.227 e. The van der Waals surface area contributed by atoms with Gasteiger partial charge in [0, 0.05) is 18.1 Å². The number of halogens is 1. The van der Waals surface area contributed by atoms with Crippen LogP contribution in [0.1, 0.15) is 26.7 Å². The maximum absolute atomic E-state index is 12.0. The van der Waals surface area contributed by atoms with E-state index in [0.717, 1.165) is 12.8 Å². The summed E-state index contributed by atoms with van der Waals surface area (Å²) in [4.78, 5) is 12.0. The number of methoxy groups -OCH3 is 2. The van der Waals surface area contributed by atoms with Crippen molar-refractivity contribution in [2.75, 3.05) is 19.5 Å². The lowest BCUT2D eigenvalue weighted by Crippen LogP contribution is -2.20. The number of benzene rings is 1. The van der Waals surface area contributed by atoms with Crippen molar-refractivity contribution in [3.05, 3.63) is 17.2 Å². The van der Waals surface area contributed by atoms with Crippen LogP contribution in [0.2, 0.25) is 5.02 Å². The molecular weight excluding hydrogens is 266 g/mol. The molecule has 4 nitrogen and oxygen atoms in total. The van der Waals surface area contributed by atoms with Gasteiger partial charge in [0.1, 0.15) is 11.5 Å². The van der Waals surface area contributed by atoms with Crippen molar-refractivity contribution in [1.29, 1.82) is 0 Å². The highest BCUT2D eigenvalue weighted by molar-refractivity contribution is 6.32. The molecule has 1 amide bonds. The minimum atomic E-state index is -0.0450. The van der Waals surface area contributed by atoms with Crippen LogP contribution >= 0.6 is 11.6 Å². The zero-order chi connectivity index (χ0) is 14.4. The summed E-state index contributed by atoms with van der Waals surface area (Å²) < 4.78 is 10.3. The van der Waals surface area contributed by atoms with Gasteiger partial charge in [0.05, 0.1) is 24.9 Å². The van der Waals surface area contributed by atoms with Gasteiger partial charge in [-0.05, 0) is 6.42 Å². The van der Waals surface area contributed by atoms with E-state index < -0.39 is 0 Å². The maximum atomic E-state index is 12.0. The summed E-state index contributed by atoms with van der Waals surface area (Å²) in [6, 6.07) is 3.29. The van der Waals surface area contributed by atoms with Crippen LogP contribution in [0, 0.1) is 5.92 Å². The second-order valence-corrected chi connectivity index (χ2v) is 4.77. The fourth-order valence-electron chi connectivity index (χ4n) is 1.78. The van der Waals surface area contributed by atoms with Crippen LogP contribution in [-0.4, -0.2) is 20.1 Å². The minimum absolute atomic E-state index is 0.0375. The Morgan fingerprint density at radius 1 is 1.32 bits per heavy atom. The standard InChI is InChI=1S/C14H20ClNO3/c1-5-6-9(2)14(17)16-11-8-12(18-3)10(15)7-13(11)19-4/h7-9H,5-6H2,1-4H3,(H,16,17)/t9-/m0/s1. The third-order valence-corrected chi connectivity index (χ3v) is 3.20. The molecule has 106 valence electrons. The SMILES string of the molecule is CCC[C@H](C)C(=O)Nc1cc(OC)c(Cl)cc1OC. The number of nitrogens with one attached hydrogen (secondary N) is 1. The van der Waals surface area contributed by atoms with Gasteiger partial charge in [-0.3, -0.25) is 4.79 Å². The summed E-state index contributed by atoms with van der Waals surface area (Å²) >= 11 is 6.01. The first-order chi connectivity index (χ1) is 9.03. The lowest BCUT2D eigenvalue weighted by atomic mass is 10.1. The molecule has 1 rings (SSSR count). The highest BCUT2D eigenvalue weighted by Crippen LogP contribution is 2.36. The van der Waals surface area contributed by atoms with Crippen molar-refractivity contribution in [2.45, 2.75) is 26.7 Å². The van der Waals surface area contributed by atoms with Crippen molar-refractivity contribution in [3.8, 4) is 11.5 Å². The molecule has 0 aliphatic rings. The lowest BCUT2D eigenvalue weighted by Gasteiger charge is -2.15. The minimum Gasteiger partial charge on any atom is -0.495 e. The topological polar surface area (TPSA) is 47.6 Å². The van der Waals surface area contributed by atoms with E-state index in [1.807, 2.05) is 6.92 Å². The Kier molecular flexibility index (Phi) is 5.96. The number of carbonyl (C=O) groups is 1. The van der Waals surface area contributed by atoms with Crippen molar-refractivity contribution in [3.63, 3.8) is 0 Å². The molecule has 19 heavy (non-hydrogen) atoms. The maximum Gasteiger partial charge on any atom is 0.227 e. The normalized spacial score (nSPS) is 11.8. The summed E-state index contributed by atoms with van der Waals surface area (Å²) in [7, 11) is 3.06. The molecule has 1 N–H and O–H groups in total. The summed E-state index contributed by atoms with van der Waals surface area (Å²) in [5.74, 6) is 0.935. The number of rotatable bonds is 6. The quantitative estimate of drug-likeness (QED) is 0.866. The number of amides is 1. The second kappa shape index (κ2) is 7.24. The molecule has 0 aliphatic heterocycles. The van der Waals surface area contributed by atoms with E-state index in [0.29, 0.717) is 22.2 Å². The molecule has 0 heterocycles. The largest absolute Gasteiger partial charge is 0.495 e. The first-order valence-electron chi connectivity index (χ1n) is 6.25. The molecule has 0 unspecified atom stereocenters. The first kappa shape index (κ1) is 15.6. The van der Waals surface area contributed by atoms with Crippen LogP contribution in [0.5, 0.6) is 11.5 Å². The summed E-state index contributed by atoms with van der Waals surface area (Å²) in [6.45, 7) is 3.95. The average molecular weight is 286 g/mol. The molecule has 5 heteroatoms. The fourth-order valence-corrected chi connectivity index (χ4v) is 2.01. The highest BCUT2D eigenvalue weighted by atomic mass is 35.5. The van der Waals surface area contributed by atoms with Gasteiger partial charge < -0.3 is 14.8 Å². The zero-order valence-corrected chi connectivity index (χ0v) is 12.5. The highest BCUT2D eigenvalue weighted by Gasteiger charge is 2.16. The van der Waals surface area contributed by atoms with Gasteiger partial charge in [-0.2, -0.15) is 0 Å². The van der Waals surface area contributed by atoms with Crippen LogP contribution in [0.15, 0.2) is 12.1 Å². The number of ether oxygens (including phenoxy) is 2. The lowest BCUT2D eigenvalue weighted by molar-refractivity contribution is -0.119. The Bertz CT molecular complexity index is 449. The average Bonchev–Trinajstić information content (AvgIpc) is 2.40. The number of hydrogen-bond donors (Lipinski definition) is 1. The van der Waals surface area contributed by atoms with E-state index >= 15 is 0 Å². The predicted octanol–water partition coefficient (Wildman–Crippen LogP) is 3.73. The van der Waals surface area contributed by atoms with Crippen LogP contribution in [0.4, 0.5) is 5.69 Å². The van der Waals surface area contributed by atoms with E-state index in [4.69, 9.17) is 21.1 Å². The third-order valence-electron chi connectivity index (χ3n) is 2.90. The van der Waals surface area contributed by atoms with Gasteiger partial charge in [0.2, 0.25) is 5.91 Å². The molecule has 0 saturated heterocycles. The predicted molar refractivity (Wildman–Crippen MR) is 77.3 cm³/mol. The summed E-state index contributed by atoms with van der Waals surface area (Å²) in [5, 5.41) is 3.29. The van der Waals surface area contributed by atoms with Gasteiger partial charge in [0.15, 0.2) is 0 Å². The fraction of sp³-hybridized carbons (Fsp3) is 0.500. The van der Waals surface area contributed by atoms with Crippen molar-refractivity contribution >= 4 is 23.2 Å². The molecule has 1 aromatic carbocycles. The van der Waals surface area contributed by atoms with Crippen LogP contribution in [0.3, 0.4) is 0 Å². The van der Waals surface area contributed by atoms with E-state index in [9.17, 15) is 4.79 Å². The monoisotopic (exact) mass is 285 g/mol. The van der Waals surface area contributed by atoms with Crippen LogP contribution in [0.25, 0.3) is 0 Å². The van der Waals surface area contributed by atoms with Crippen LogP contribution in [-0.2, 0) is 4.79 Å². The zero-order valence-electron chi connectivity index (χ0n) is 11.7. The van der Waals surface area contributed by atoms with Gasteiger partial charge >= 0.3 is 0 Å². The van der Waals surface area contributed by atoms with Gasteiger partial charge in [-0.15, -0.1) is 0 Å². The van der Waals surface area contributed by atoms with Crippen molar-refractivity contribution in [1.82, 2.24) is 0 Å².